The zero-order chi connectivity index (χ0) is 14.2. The van der Waals surface area contributed by atoms with Crippen molar-refractivity contribution in [3.63, 3.8) is 0 Å². The Bertz CT molecular complexity index is 634. The molecule has 1 unspecified atom stereocenters. The van der Waals surface area contributed by atoms with Crippen molar-refractivity contribution in [2.24, 2.45) is 5.73 Å². The highest BCUT2D eigenvalue weighted by Crippen LogP contribution is 2.32. The lowest BCUT2D eigenvalue weighted by Gasteiger charge is -2.15. The molecule has 100 valence electrons. The van der Waals surface area contributed by atoms with Crippen LogP contribution in [0.25, 0.3) is 0 Å². The monoisotopic (exact) mass is 349 g/mol. The maximum atomic E-state index is 14.0. The molecule has 6 heteroatoms. The van der Waals surface area contributed by atoms with Crippen LogP contribution in [-0.2, 0) is 0 Å². The normalized spacial score (nSPS) is 12.5. The van der Waals surface area contributed by atoms with Crippen molar-refractivity contribution in [1.82, 2.24) is 0 Å². The predicted molar refractivity (Wildman–Crippen MR) is 71.5 cm³/mol. The Kier molecular flexibility index (Phi) is 4.18. The van der Waals surface area contributed by atoms with Crippen molar-refractivity contribution in [2.75, 3.05) is 0 Å². The summed E-state index contributed by atoms with van der Waals surface area (Å²) in [5.41, 5.74) is 5.66. The maximum Gasteiger partial charge on any atom is 0.163 e. The summed E-state index contributed by atoms with van der Waals surface area (Å²) in [6, 6.07) is 5.32. The van der Waals surface area contributed by atoms with Gasteiger partial charge in [-0.05, 0) is 28.1 Å². The molecule has 0 aliphatic heterocycles. The fourth-order valence-corrected chi connectivity index (χ4v) is 2.19. The predicted octanol–water partition coefficient (Wildman–Crippen LogP) is 4.57. The molecular formula is C13H8BrClF3N. The van der Waals surface area contributed by atoms with Crippen LogP contribution >= 0.6 is 27.5 Å². The maximum absolute atomic E-state index is 14.0. The zero-order valence-corrected chi connectivity index (χ0v) is 11.8. The highest BCUT2D eigenvalue weighted by atomic mass is 79.9. The number of halogens is 5. The number of hydrogen-bond acceptors (Lipinski definition) is 1. The van der Waals surface area contributed by atoms with Gasteiger partial charge in [0.2, 0.25) is 0 Å². The van der Waals surface area contributed by atoms with E-state index in [0.29, 0.717) is 4.47 Å². The smallest absolute Gasteiger partial charge is 0.163 e. The van der Waals surface area contributed by atoms with E-state index in [1.807, 2.05) is 0 Å². The van der Waals surface area contributed by atoms with Crippen LogP contribution in [0.15, 0.2) is 34.8 Å². The highest BCUT2D eigenvalue weighted by molar-refractivity contribution is 9.10. The van der Waals surface area contributed by atoms with Gasteiger partial charge in [0.1, 0.15) is 5.82 Å². The van der Waals surface area contributed by atoms with E-state index < -0.39 is 23.5 Å². The van der Waals surface area contributed by atoms with Gasteiger partial charge in [-0.3, -0.25) is 0 Å². The van der Waals surface area contributed by atoms with Crippen LogP contribution in [-0.4, -0.2) is 0 Å². The molecule has 2 rings (SSSR count). The molecule has 2 aromatic rings. The van der Waals surface area contributed by atoms with Gasteiger partial charge in [-0.25, -0.2) is 13.2 Å². The summed E-state index contributed by atoms with van der Waals surface area (Å²) >= 11 is 8.80. The lowest BCUT2D eigenvalue weighted by molar-refractivity contribution is 0.492. The van der Waals surface area contributed by atoms with Crippen molar-refractivity contribution in [2.45, 2.75) is 6.04 Å². The molecule has 0 spiro atoms. The number of benzene rings is 2. The van der Waals surface area contributed by atoms with E-state index in [9.17, 15) is 13.2 Å². The Hall–Kier alpha value is -1.04. The standard InChI is InChI=1S/C13H8BrClF3N/c14-8-5-4-7(12(18)10(8)15)13(19)6-2-1-3-9(16)11(6)17/h1-5,13H,19H2. The second-order valence-corrected chi connectivity index (χ2v) is 5.12. The first-order chi connectivity index (χ1) is 8.93. The van der Waals surface area contributed by atoms with Crippen LogP contribution in [0, 0.1) is 17.5 Å². The van der Waals surface area contributed by atoms with Gasteiger partial charge in [0.05, 0.1) is 11.1 Å². The van der Waals surface area contributed by atoms with Crippen LogP contribution in [0.5, 0.6) is 0 Å². The third-order valence-electron chi connectivity index (χ3n) is 2.72. The summed E-state index contributed by atoms with van der Waals surface area (Å²) in [4.78, 5) is 0. The molecule has 2 aromatic carbocycles. The van der Waals surface area contributed by atoms with Crippen molar-refractivity contribution < 1.29 is 13.2 Å². The van der Waals surface area contributed by atoms with Crippen LogP contribution in [0.2, 0.25) is 5.02 Å². The summed E-state index contributed by atoms with van der Waals surface area (Å²) in [6.07, 6.45) is 0. The number of rotatable bonds is 2. The second kappa shape index (κ2) is 5.53. The molecular weight excluding hydrogens is 343 g/mol. The molecule has 0 radical (unpaired) electrons. The van der Waals surface area contributed by atoms with Gasteiger partial charge in [-0.2, -0.15) is 0 Å². The molecule has 1 atom stereocenters. The van der Waals surface area contributed by atoms with E-state index in [0.717, 1.165) is 6.07 Å². The Morgan fingerprint density at radius 2 is 1.63 bits per heavy atom. The quantitative estimate of drug-likeness (QED) is 0.789. The van der Waals surface area contributed by atoms with Crippen LogP contribution < -0.4 is 5.73 Å². The first-order valence-electron chi connectivity index (χ1n) is 5.26. The fraction of sp³-hybridized carbons (Fsp3) is 0.0769. The van der Waals surface area contributed by atoms with Crippen LogP contribution in [0.4, 0.5) is 13.2 Å². The van der Waals surface area contributed by atoms with E-state index in [1.165, 1.54) is 24.3 Å². The summed E-state index contributed by atoms with van der Waals surface area (Å²) in [5.74, 6) is -2.88. The van der Waals surface area contributed by atoms with Gasteiger partial charge in [-0.15, -0.1) is 0 Å². The average molecular weight is 351 g/mol. The Morgan fingerprint density at radius 3 is 2.32 bits per heavy atom. The first kappa shape index (κ1) is 14.4. The topological polar surface area (TPSA) is 26.0 Å². The van der Waals surface area contributed by atoms with Gasteiger partial charge in [-0.1, -0.05) is 29.8 Å². The molecule has 0 heterocycles. The summed E-state index contributed by atoms with van der Waals surface area (Å²) in [7, 11) is 0. The van der Waals surface area contributed by atoms with Crippen molar-refractivity contribution in [1.29, 1.82) is 0 Å². The third kappa shape index (κ3) is 2.63. The van der Waals surface area contributed by atoms with Gasteiger partial charge < -0.3 is 5.73 Å². The van der Waals surface area contributed by atoms with Gasteiger partial charge in [0.15, 0.2) is 11.6 Å². The molecule has 0 fully saturated rings. The largest absolute Gasteiger partial charge is 0.320 e. The first-order valence-corrected chi connectivity index (χ1v) is 6.43. The van der Waals surface area contributed by atoms with E-state index in [-0.39, 0.29) is 16.1 Å². The SMILES string of the molecule is NC(c1cccc(F)c1F)c1ccc(Br)c(Cl)c1F. The van der Waals surface area contributed by atoms with Gasteiger partial charge in [0, 0.05) is 15.6 Å². The molecule has 0 aliphatic carbocycles. The van der Waals surface area contributed by atoms with Crippen molar-refractivity contribution >= 4 is 27.5 Å². The lowest BCUT2D eigenvalue weighted by atomic mass is 9.98. The summed E-state index contributed by atoms with van der Waals surface area (Å²) in [5, 5.41) is -0.148. The Labute approximate surface area is 121 Å². The van der Waals surface area contributed by atoms with Gasteiger partial charge in [0.25, 0.3) is 0 Å². The van der Waals surface area contributed by atoms with E-state index in [1.54, 1.807) is 0 Å². The molecule has 0 saturated heterocycles. The van der Waals surface area contributed by atoms with Crippen molar-refractivity contribution in [3.05, 3.63) is 68.4 Å². The number of hydrogen-bond donors (Lipinski definition) is 1. The number of nitrogens with two attached hydrogens (primary N) is 1. The van der Waals surface area contributed by atoms with Gasteiger partial charge >= 0.3 is 0 Å². The second-order valence-electron chi connectivity index (χ2n) is 3.89. The summed E-state index contributed by atoms with van der Waals surface area (Å²) < 4.78 is 41.1. The van der Waals surface area contributed by atoms with Crippen LogP contribution in [0.3, 0.4) is 0 Å². The molecule has 2 N–H and O–H groups in total. The average Bonchev–Trinajstić information content (AvgIpc) is 2.39. The van der Waals surface area contributed by atoms with Crippen LogP contribution in [0.1, 0.15) is 17.2 Å². The van der Waals surface area contributed by atoms with E-state index >= 15 is 0 Å². The van der Waals surface area contributed by atoms with E-state index in [2.05, 4.69) is 15.9 Å². The molecule has 0 bridgehead atoms. The lowest BCUT2D eigenvalue weighted by Crippen LogP contribution is -2.16. The zero-order valence-electron chi connectivity index (χ0n) is 9.43. The summed E-state index contributed by atoms with van der Waals surface area (Å²) in [6.45, 7) is 0. The molecule has 0 aromatic heterocycles. The Balaban J connectivity index is 2.53. The minimum absolute atomic E-state index is 0.00213. The molecule has 1 nitrogen and oxygen atoms in total. The molecule has 0 aliphatic rings. The molecule has 19 heavy (non-hydrogen) atoms. The fourth-order valence-electron chi connectivity index (χ4n) is 1.71. The molecule has 0 amide bonds. The van der Waals surface area contributed by atoms with E-state index in [4.69, 9.17) is 17.3 Å². The Morgan fingerprint density at radius 1 is 1.00 bits per heavy atom. The minimum atomic E-state index is -1.14. The third-order valence-corrected chi connectivity index (χ3v) is 3.98. The minimum Gasteiger partial charge on any atom is -0.320 e. The highest BCUT2D eigenvalue weighted by Gasteiger charge is 2.21. The molecule has 0 saturated carbocycles. The van der Waals surface area contributed by atoms with Crippen molar-refractivity contribution in [3.8, 4) is 0 Å².